The summed E-state index contributed by atoms with van der Waals surface area (Å²) >= 11 is 1.65. The van der Waals surface area contributed by atoms with Gasteiger partial charge in [-0.2, -0.15) is 0 Å². The van der Waals surface area contributed by atoms with Crippen molar-refractivity contribution < 1.29 is 4.42 Å². The number of hydrogen-bond acceptors (Lipinski definition) is 5. The van der Waals surface area contributed by atoms with Crippen LogP contribution in [0.3, 0.4) is 0 Å². The van der Waals surface area contributed by atoms with Gasteiger partial charge in [0.05, 0.1) is 17.3 Å². The zero-order valence-corrected chi connectivity index (χ0v) is 14.9. The van der Waals surface area contributed by atoms with Crippen LogP contribution < -0.4 is 0 Å². The molecule has 2 aliphatic heterocycles. The SMILES string of the molecule is CCN1CCN(Cc2ccc(SC3=Nc4ccccc4C3)o2)CC1. The molecule has 5 heteroatoms. The van der Waals surface area contributed by atoms with E-state index in [1.54, 1.807) is 11.8 Å². The summed E-state index contributed by atoms with van der Waals surface area (Å²) in [5.41, 5.74) is 2.40. The largest absolute Gasteiger partial charge is 0.453 e. The first kappa shape index (κ1) is 15.9. The average molecular weight is 341 g/mol. The van der Waals surface area contributed by atoms with E-state index in [-0.39, 0.29) is 0 Å². The molecule has 1 aromatic heterocycles. The van der Waals surface area contributed by atoms with Gasteiger partial charge in [-0.05, 0) is 42.1 Å². The van der Waals surface area contributed by atoms with E-state index >= 15 is 0 Å². The molecular weight excluding hydrogens is 318 g/mol. The summed E-state index contributed by atoms with van der Waals surface area (Å²) in [6.07, 6.45) is 0.913. The second-order valence-corrected chi connectivity index (χ2v) is 7.42. The van der Waals surface area contributed by atoms with Gasteiger partial charge in [-0.15, -0.1) is 0 Å². The molecule has 24 heavy (non-hydrogen) atoms. The number of thioether (sulfide) groups is 1. The third-order valence-electron chi connectivity index (χ3n) is 4.73. The van der Waals surface area contributed by atoms with Crippen LogP contribution in [0.4, 0.5) is 5.69 Å². The highest BCUT2D eigenvalue weighted by Gasteiger charge is 2.19. The topological polar surface area (TPSA) is 32.0 Å². The molecule has 2 aliphatic rings. The minimum atomic E-state index is 0.908. The third-order valence-corrected chi connectivity index (χ3v) is 5.62. The highest BCUT2D eigenvalue weighted by atomic mass is 32.2. The highest BCUT2D eigenvalue weighted by Crippen LogP contribution is 2.33. The van der Waals surface area contributed by atoms with Gasteiger partial charge in [0, 0.05) is 32.6 Å². The molecule has 0 unspecified atom stereocenters. The lowest BCUT2D eigenvalue weighted by atomic mass is 10.2. The normalized spacial score (nSPS) is 18.6. The van der Waals surface area contributed by atoms with Gasteiger partial charge < -0.3 is 9.32 Å². The summed E-state index contributed by atoms with van der Waals surface area (Å²) in [5, 5.41) is 2.07. The van der Waals surface area contributed by atoms with Gasteiger partial charge >= 0.3 is 0 Å². The fraction of sp³-hybridized carbons (Fsp3) is 0.421. The number of fused-ring (bicyclic) bond motifs is 1. The second kappa shape index (κ2) is 7.13. The Kier molecular flexibility index (Phi) is 4.74. The van der Waals surface area contributed by atoms with Crippen LogP contribution in [0.25, 0.3) is 0 Å². The maximum atomic E-state index is 6.03. The van der Waals surface area contributed by atoms with Crippen LogP contribution >= 0.6 is 11.8 Å². The Hall–Kier alpha value is -1.56. The molecule has 4 rings (SSSR count). The number of nitrogens with zero attached hydrogens (tertiary/aromatic N) is 3. The number of likely N-dealkylation sites (N-methyl/N-ethyl adjacent to an activating group) is 1. The van der Waals surface area contributed by atoms with Gasteiger partial charge in [-0.3, -0.25) is 4.90 Å². The number of para-hydroxylation sites is 1. The molecule has 126 valence electrons. The number of benzene rings is 1. The summed E-state index contributed by atoms with van der Waals surface area (Å²) in [6, 6.07) is 12.5. The van der Waals surface area contributed by atoms with Crippen LogP contribution in [0.15, 0.2) is 50.9 Å². The monoisotopic (exact) mass is 341 g/mol. The van der Waals surface area contributed by atoms with Crippen molar-refractivity contribution in [3.05, 3.63) is 47.7 Å². The standard InChI is InChI=1S/C19H23N3OS/c1-2-21-9-11-22(12-10-21)14-16-7-8-19(23-16)24-18-13-15-5-3-4-6-17(15)20-18/h3-8H,2,9-14H2,1H3. The van der Waals surface area contributed by atoms with Crippen LogP contribution in [-0.4, -0.2) is 47.6 Å². The Morgan fingerprint density at radius 1 is 1.04 bits per heavy atom. The maximum Gasteiger partial charge on any atom is 0.166 e. The lowest BCUT2D eigenvalue weighted by molar-refractivity contribution is 0.124. The van der Waals surface area contributed by atoms with Gasteiger partial charge in [0.25, 0.3) is 0 Å². The predicted molar refractivity (Wildman–Crippen MR) is 99.2 cm³/mol. The molecule has 0 radical (unpaired) electrons. The van der Waals surface area contributed by atoms with E-state index in [1.165, 1.54) is 5.56 Å². The van der Waals surface area contributed by atoms with Gasteiger partial charge in [0.2, 0.25) is 0 Å². The molecule has 3 heterocycles. The number of rotatable bonds is 4. The molecule has 0 spiro atoms. The van der Waals surface area contributed by atoms with Gasteiger partial charge in [0.15, 0.2) is 5.09 Å². The highest BCUT2D eigenvalue weighted by molar-refractivity contribution is 8.13. The van der Waals surface area contributed by atoms with E-state index in [2.05, 4.69) is 47.1 Å². The molecule has 0 N–H and O–H groups in total. The van der Waals surface area contributed by atoms with Crippen molar-refractivity contribution in [2.24, 2.45) is 4.99 Å². The Morgan fingerprint density at radius 3 is 2.62 bits per heavy atom. The van der Waals surface area contributed by atoms with Crippen LogP contribution in [-0.2, 0) is 13.0 Å². The Labute approximate surface area is 147 Å². The summed E-state index contributed by atoms with van der Waals surface area (Å²) in [4.78, 5) is 9.66. The molecule has 2 aromatic rings. The smallest absolute Gasteiger partial charge is 0.166 e. The minimum absolute atomic E-state index is 0.908. The van der Waals surface area contributed by atoms with Gasteiger partial charge in [-0.1, -0.05) is 25.1 Å². The third kappa shape index (κ3) is 3.58. The summed E-state index contributed by atoms with van der Waals surface area (Å²) in [6.45, 7) is 8.86. The number of hydrogen-bond donors (Lipinski definition) is 0. The molecule has 0 atom stereocenters. The van der Waals surface area contributed by atoms with E-state index in [0.29, 0.717) is 0 Å². The Bertz CT molecular complexity index is 732. The van der Waals surface area contributed by atoms with Crippen LogP contribution in [0.5, 0.6) is 0 Å². The molecule has 1 saturated heterocycles. The molecule has 0 amide bonds. The van der Waals surface area contributed by atoms with Crippen molar-refractivity contribution in [3.63, 3.8) is 0 Å². The first-order valence-corrected chi connectivity index (χ1v) is 9.48. The summed E-state index contributed by atoms with van der Waals surface area (Å²) in [5.74, 6) is 1.05. The lowest BCUT2D eigenvalue weighted by Crippen LogP contribution is -2.45. The van der Waals surface area contributed by atoms with Crippen LogP contribution in [0, 0.1) is 0 Å². The van der Waals surface area contributed by atoms with E-state index in [9.17, 15) is 0 Å². The number of aliphatic imine (C=N–C) groups is 1. The number of piperazine rings is 1. The van der Waals surface area contributed by atoms with E-state index in [4.69, 9.17) is 9.41 Å². The zero-order chi connectivity index (χ0) is 16.4. The predicted octanol–water partition coefficient (Wildman–Crippen LogP) is 3.80. The molecule has 0 bridgehead atoms. The number of furan rings is 1. The van der Waals surface area contributed by atoms with Crippen molar-refractivity contribution in [3.8, 4) is 0 Å². The Morgan fingerprint density at radius 2 is 1.83 bits per heavy atom. The zero-order valence-electron chi connectivity index (χ0n) is 14.1. The van der Waals surface area contributed by atoms with Crippen molar-refractivity contribution in [1.82, 2.24) is 9.80 Å². The molecule has 1 fully saturated rings. The maximum absolute atomic E-state index is 6.03. The quantitative estimate of drug-likeness (QED) is 0.847. The summed E-state index contributed by atoms with van der Waals surface area (Å²) < 4.78 is 6.03. The second-order valence-electron chi connectivity index (χ2n) is 6.34. The average Bonchev–Trinajstić information content (AvgIpc) is 3.22. The molecule has 0 aliphatic carbocycles. The first-order valence-electron chi connectivity index (χ1n) is 8.67. The van der Waals surface area contributed by atoms with E-state index in [0.717, 1.165) is 67.3 Å². The molecular formula is C19H23N3OS. The molecule has 0 saturated carbocycles. The molecule has 1 aromatic carbocycles. The van der Waals surface area contributed by atoms with Crippen molar-refractivity contribution in [2.45, 2.75) is 25.0 Å². The summed E-state index contributed by atoms with van der Waals surface area (Å²) in [7, 11) is 0. The fourth-order valence-electron chi connectivity index (χ4n) is 3.26. The van der Waals surface area contributed by atoms with Gasteiger partial charge in [0.1, 0.15) is 5.76 Å². The lowest BCUT2D eigenvalue weighted by Gasteiger charge is -2.33. The fourth-order valence-corrected chi connectivity index (χ4v) is 4.15. The first-order chi connectivity index (χ1) is 11.8. The Balaban J connectivity index is 1.33. The van der Waals surface area contributed by atoms with E-state index < -0.39 is 0 Å². The van der Waals surface area contributed by atoms with Crippen LogP contribution in [0.2, 0.25) is 0 Å². The molecule has 4 nitrogen and oxygen atoms in total. The van der Waals surface area contributed by atoms with Crippen LogP contribution in [0.1, 0.15) is 18.2 Å². The minimum Gasteiger partial charge on any atom is -0.453 e. The van der Waals surface area contributed by atoms with Crippen molar-refractivity contribution in [1.29, 1.82) is 0 Å². The van der Waals surface area contributed by atoms with Crippen molar-refractivity contribution >= 4 is 22.5 Å². The van der Waals surface area contributed by atoms with Crippen molar-refractivity contribution in [2.75, 3.05) is 32.7 Å². The van der Waals surface area contributed by atoms with E-state index in [1.807, 2.05) is 6.07 Å². The van der Waals surface area contributed by atoms with Gasteiger partial charge in [-0.25, -0.2) is 4.99 Å².